The topological polar surface area (TPSA) is 131 Å². The lowest BCUT2D eigenvalue weighted by molar-refractivity contribution is -0.131. The van der Waals surface area contributed by atoms with Gasteiger partial charge in [0.15, 0.2) is 5.60 Å². The standard InChI is InChI=1S/C23H27NO7/c1-29-15-11-14(30-10-6-5-9-25)12-16-19(15)23(28)20(26)18(22(24)27)17(21(23)31-16)13-7-3-2-4-8-13/h2-4,7-8,11-12,17-18,20-21,25-26,28H,5-6,9-10H2,1H3,(H2,24,27)/t17-,18-,20?,21?,23+/m1/s1. The van der Waals surface area contributed by atoms with Crippen LogP contribution in [0.15, 0.2) is 42.5 Å². The smallest absolute Gasteiger partial charge is 0.224 e. The Kier molecular flexibility index (Phi) is 5.79. The number of benzene rings is 2. The first-order chi connectivity index (χ1) is 14.9. The molecule has 2 unspecified atom stereocenters. The van der Waals surface area contributed by atoms with E-state index in [-0.39, 0.29) is 17.9 Å². The second-order valence-electron chi connectivity index (χ2n) is 7.95. The molecule has 5 atom stereocenters. The van der Waals surface area contributed by atoms with Crippen LogP contribution in [-0.4, -0.2) is 53.8 Å². The molecule has 8 nitrogen and oxygen atoms in total. The Morgan fingerprint density at radius 1 is 1.23 bits per heavy atom. The third-order valence-corrected chi connectivity index (χ3v) is 6.19. The molecule has 2 aliphatic rings. The summed E-state index contributed by atoms with van der Waals surface area (Å²) in [6, 6.07) is 12.4. The van der Waals surface area contributed by atoms with Crippen molar-refractivity contribution in [1.29, 1.82) is 0 Å². The van der Waals surface area contributed by atoms with Gasteiger partial charge in [-0.3, -0.25) is 4.79 Å². The summed E-state index contributed by atoms with van der Waals surface area (Å²) in [6.07, 6.45) is -1.11. The number of unbranched alkanes of at least 4 members (excludes halogenated alkanes) is 1. The van der Waals surface area contributed by atoms with E-state index in [4.69, 9.17) is 25.1 Å². The fraction of sp³-hybridized carbons (Fsp3) is 0.435. The van der Waals surface area contributed by atoms with Crippen molar-refractivity contribution in [1.82, 2.24) is 0 Å². The zero-order valence-corrected chi connectivity index (χ0v) is 17.2. The lowest BCUT2D eigenvalue weighted by atomic mass is 9.86. The number of rotatable bonds is 8. The third kappa shape index (κ3) is 3.40. The molecular weight excluding hydrogens is 402 g/mol. The molecule has 166 valence electrons. The lowest BCUT2D eigenvalue weighted by Gasteiger charge is -2.27. The van der Waals surface area contributed by atoms with E-state index >= 15 is 0 Å². The van der Waals surface area contributed by atoms with Crippen LogP contribution in [0.5, 0.6) is 17.2 Å². The van der Waals surface area contributed by atoms with E-state index in [0.29, 0.717) is 30.9 Å². The van der Waals surface area contributed by atoms with Crippen molar-refractivity contribution in [2.75, 3.05) is 20.3 Å². The van der Waals surface area contributed by atoms with Gasteiger partial charge in [-0.15, -0.1) is 0 Å². The molecule has 1 heterocycles. The molecule has 0 bridgehead atoms. The maximum atomic E-state index is 12.3. The summed E-state index contributed by atoms with van der Waals surface area (Å²) < 4.78 is 17.4. The van der Waals surface area contributed by atoms with Crippen molar-refractivity contribution in [2.45, 2.75) is 36.6 Å². The van der Waals surface area contributed by atoms with Gasteiger partial charge < -0.3 is 35.3 Å². The summed E-state index contributed by atoms with van der Waals surface area (Å²) in [6.45, 7) is 0.490. The highest BCUT2D eigenvalue weighted by molar-refractivity contribution is 5.80. The van der Waals surface area contributed by atoms with E-state index in [9.17, 15) is 15.0 Å². The van der Waals surface area contributed by atoms with Gasteiger partial charge in [0.25, 0.3) is 0 Å². The molecular formula is C23H27NO7. The number of aliphatic hydroxyl groups is 3. The van der Waals surface area contributed by atoms with Crippen LogP contribution in [0.25, 0.3) is 0 Å². The summed E-state index contributed by atoms with van der Waals surface area (Å²) in [5.41, 5.74) is 4.77. The molecule has 8 heteroatoms. The van der Waals surface area contributed by atoms with Gasteiger partial charge in [0.1, 0.15) is 29.5 Å². The number of primary amides is 1. The molecule has 2 aromatic carbocycles. The number of amides is 1. The van der Waals surface area contributed by atoms with Gasteiger partial charge in [0.2, 0.25) is 5.91 Å². The van der Waals surface area contributed by atoms with Gasteiger partial charge in [-0.2, -0.15) is 0 Å². The lowest BCUT2D eigenvalue weighted by Crippen LogP contribution is -2.44. The maximum absolute atomic E-state index is 12.3. The molecule has 0 saturated heterocycles. The first kappa shape index (κ1) is 21.4. The number of carbonyl (C=O) groups is 1. The minimum atomic E-state index is -1.88. The van der Waals surface area contributed by atoms with Gasteiger partial charge in [0, 0.05) is 24.7 Å². The molecule has 0 spiro atoms. The second kappa shape index (κ2) is 8.37. The number of hydrogen-bond donors (Lipinski definition) is 4. The Bertz CT molecular complexity index is 950. The van der Waals surface area contributed by atoms with Crippen molar-refractivity contribution in [2.24, 2.45) is 11.7 Å². The highest BCUT2D eigenvalue weighted by Gasteiger charge is 2.68. The van der Waals surface area contributed by atoms with Gasteiger partial charge >= 0.3 is 0 Å². The van der Waals surface area contributed by atoms with E-state index in [2.05, 4.69) is 0 Å². The van der Waals surface area contributed by atoms with Crippen LogP contribution in [0, 0.1) is 5.92 Å². The van der Waals surface area contributed by atoms with Crippen LogP contribution in [0.3, 0.4) is 0 Å². The Balaban J connectivity index is 1.76. The molecule has 0 aromatic heterocycles. The molecule has 1 fully saturated rings. The monoisotopic (exact) mass is 429 g/mol. The first-order valence-electron chi connectivity index (χ1n) is 10.3. The fourth-order valence-corrected chi connectivity index (χ4v) is 4.78. The quantitative estimate of drug-likeness (QED) is 0.461. The van der Waals surface area contributed by atoms with Crippen molar-refractivity contribution in [3.05, 3.63) is 53.6 Å². The van der Waals surface area contributed by atoms with Crippen LogP contribution in [0.4, 0.5) is 0 Å². The number of ether oxygens (including phenoxy) is 3. The number of aliphatic hydroxyl groups excluding tert-OH is 2. The SMILES string of the molecule is COc1cc(OCCCCO)cc2c1[C@]1(O)C(O)[C@H](C(N)=O)[C@@H](c3ccccc3)C1O2. The third-order valence-electron chi connectivity index (χ3n) is 6.19. The molecule has 5 N–H and O–H groups in total. The zero-order chi connectivity index (χ0) is 22.2. The number of hydrogen-bond acceptors (Lipinski definition) is 7. The van der Waals surface area contributed by atoms with Crippen molar-refractivity contribution in [3.8, 4) is 17.2 Å². The summed E-state index contributed by atoms with van der Waals surface area (Å²) in [5, 5.41) is 31.8. The highest BCUT2D eigenvalue weighted by Crippen LogP contribution is 2.60. The van der Waals surface area contributed by atoms with Crippen molar-refractivity contribution < 1.29 is 34.3 Å². The van der Waals surface area contributed by atoms with Gasteiger partial charge in [-0.1, -0.05) is 30.3 Å². The van der Waals surface area contributed by atoms with Crippen molar-refractivity contribution in [3.63, 3.8) is 0 Å². The normalized spacial score (nSPS) is 28.5. The van der Waals surface area contributed by atoms with E-state index in [0.717, 1.165) is 5.56 Å². The number of fused-ring (bicyclic) bond motifs is 3. The molecule has 2 aromatic rings. The molecule has 0 radical (unpaired) electrons. The van der Waals surface area contributed by atoms with E-state index in [1.807, 2.05) is 30.3 Å². The molecule has 1 aliphatic heterocycles. The Morgan fingerprint density at radius 2 is 1.97 bits per heavy atom. The number of methoxy groups -OCH3 is 1. The average molecular weight is 429 g/mol. The van der Waals surface area contributed by atoms with Crippen molar-refractivity contribution >= 4 is 5.91 Å². The minimum Gasteiger partial charge on any atom is -0.496 e. The van der Waals surface area contributed by atoms with E-state index in [1.54, 1.807) is 12.1 Å². The van der Waals surface area contributed by atoms with E-state index in [1.165, 1.54) is 7.11 Å². The van der Waals surface area contributed by atoms with Crippen LogP contribution < -0.4 is 19.9 Å². The molecule has 31 heavy (non-hydrogen) atoms. The summed E-state index contributed by atoms with van der Waals surface area (Å²) in [7, 11) is 1.45. The first-order valence-corrected chi connectivity index (χ1v) is 10.3. The predicted molar refractivity (Wildman–Crippen MR) is 111 cm³/mol. The van der Waals surface area contributed by atoms with Crippen LogP contribution >= 0.6 is 0 Å². The Morgan fingerprint density at radius 3 is 2.61 bits per heavy atom. The molecule has 1 saturated carbocycles. The largest absolute Gasteiger partial charge is 0.496 e. The fourth-order valence-electron chi connectivity index (χ4n) is 4.78. The van der Waals surface area contributed by atoms with Crippen LogP contribution in [0.2, 0.25) is 0 Å². The second-order valence-corrected chi connectivity index (χ2v) is 7.95. The van der Waals surface area contributed by atoms with E-state index < -0.39 is 35.6 Å². The van der Waals surface area contributed by atoms with Gasteiger partial charge in [-0.25, -0.2) is 0 Å². The zero-order valence-electron chi connectivity index (χ0n) is 17.2. The summed E-state index contributed by atoms with van der Waals surface area (Å²) >= 11 is 0. The molecule has 1 amide bonds. The summed E-state index contributed by atoms with van der Waals surface area (Å²) in [5.74, 6) is -1.30. The Hall–Kier alpha value is -2.81. The number of nitrogens with two attached hydrogens (primary N) is 1. The molecule has 1 aliphatic carbocycles. The van der Waals surface area contributed by atoms with Gasteiger partial charge in [0.05, 0.1) is 25.2 Å². The molecule has 4 rings (SSSR count). The number of carbonyl (C=O) groups excluding carboxylic acids is 1. The van der Waals surface area contributed by atoms with Crippen LogP contribution in [-0.2, 0) is 10.4 Å². The van der Waals surface area contributed by atoms with Crippen LogP contribution in [0.1, 0.15) is 29.9 Å². The highest BCUT2D eigenvalue weighted by atomic mass is 16.5. The average Bonchev–Trinajstić information content (AvgIpc) is 3.18. The Labute approximate surface area is 180 Å². The summed E-state index contributed by atoms with van der Waals surface area (Å²) in [4.78, 5) is 12.3. The minimum absolute atomic E-state index is 0.0918. The van der Waals surface area contributed by atoms with Gasteiger partial charge in [-0.05, 0) is 18.4 Å². The maximum Gasteiger partial charge on any atom is 0.224 e. The predicted octanol–water partition coefficient (Wildman–Crippen LogP) is 1.05.